The van der Waals surface area contributed by atoms with Crippen molar-refractivity contribution >= 4 is 10.9 Å². The van der Waals surface area contributed by atoms with Crippen LogP contribution in [0.25, 0.3) is 22.5 Å². The number of methoxy groups -OCH3 is 2. The summed E-state index contributed by atoms with van der Waals surface area (Å²) < 4.78 is 19.0. The Morgan fingerprint density at radius 1 is 0.966 bits per heavy atom. The van der Waals surface area contributed by atoms with Gasteiger partial charge in [0.2, 0.25) is 5.89 Å². The Bertz CT molecular complexity index is 1110. The predicted octanol–water partition coefficient (Wildman–Crippen LogP) is 4.96. The minimum Gasteiger partial charge on any atom is -0.497 e. The first kappa shape index (κ1) is 19.1. The normalized spacial score (nSPS) is 11.3. The summed E-state index contributed by atoms with van der Waals surface area (Å²) in [7, 11) is 3.31. The minimum absolute atomic E-state index is 0.457. The lowest BCUT2D eigenvalue weighted by molar-refractivity contribution is 0.393. The molecule has 6 heteroatoms. The lowest BCUT2D eigenvalue weighted by atomic mass is 10.1. The zero-order valence-corrected chi connectivity index (χ0v) is 17.2. The van der Waals surface area contributed by atoms with Crippen molar-refractivity contribution in [1.29, 1.82) is 0 Å². The fourth-order valence-corrected chi connectivity index (χ4v) is 3.49. The van der Waals surface area contributed by atoms with Crippen LogP contribution in [0.15, 0.2) is 52.9 Å². The molecule has 0 bridgehead atoms. The highest BCUT2D eigenvalue weighted by Gasteiger charge is 2.17. The largest absolute Gasteiger partial charge is 0.497 e. The van der Waals surface area contributed by atoms with Crippen LogP contribution in [0, 0.1) is 5.92 Å². The van der Waals surface area contributed by atoms with E-state index in [0.717, 1.165) is 40.1 Å². The second-order valence-electron chi connectivity index (χ2n) is 7.49. The smallest absolute Gasteiger partial charge is 0.264 e. The predicted molar refractivity (Wildman–Crippen MR) is 112 cm³/mol. The summed E-state index contributed by atoms with van der Waals surface area (Å²) in [6.07, 6.45) is 0.764. The highest BCUT2D eigenvalue weighted by molar-refractivity contribution is 5.85. The second kappa shape index (κ2) is 7.99. The number of fused-ring (bicyclic) bond motifs is 1. The number of aromatic nitrogens is 3. The van der Waals surface area contributed by atoms with Crippen molar-refractivity contribution in [3.05, 3.63) is 60.0 Å². The average Bonchev–Trinajstić information content (AvgIpc) is 3.32. The molecule has 0 radical (unpaired) electrons. The van der Waals surface area contributed by atoms with E-state index in [-0.39, 0.29) is 0 Å². The fraction of sp³-hybridized carbons (Fsp3) is 0.304. The molecule has 150 valence electrons. The van der Waals surface area contributed by atoms with Gasteiger partial charge in [0.1, 0.15) is 17.2 Å². The van der Waals surface area contributed by atoms with E-state index < -0.39 is 0 Å². The lowest BCUT2D eigenvalue weighted by Gasteiger charge is -2.12. The van der Waals surface area contributed by atoms with E-state index in [9.17, 15) is 0 Å². The third-order valence-electron chi connectivity index (χ3n) is 4.83. The van der Waals surface area contributed by atoms with E-state index in [1.54, 1.807) is 14.2 Å². The molecule has 4 rings (SSSR count). The van der Waals surface area contributed by atoms with Crippen molar-refractivity contribution in [3.8, 4) is 23.1 Å². The molecular weight excluding hydrogens is 366 g/mol. The number of hydrogen-bond acceptors (Lipinski definition) is 5. The molecule has 0 fully saturated rings. The van der Waals surface area contributed by atoms with Crippen LogP contribution in [0.2, 0.25) is 0 Å². The van der Waals surface area contributed by atoms with Gasteiger partial charge in [-0.25, -0.2) is 0 Å². The Morgan fingerprint density at radius 2 is 1.69 bits per heavy atom. The summed E-state index contributed by atoms with van der Waals surface area (Å²) in [5.74, 6) is 3.17. The Balaban J connectivity index is 1.79. The van der Waals surface area contributed by atoms with E-state index in [0.29, 0.717) is 24.2 Å². The van der Waals surface area contributed by atoms with E-state index in [4.69, 9.17) is 13.9 Å². The third kappa shape index (κ3) is 3.97. The molecule has 0 aliphatic rings. The van der Waals surface area contributed by atoms with Gasteiger partial charge in [0, 0.05) is 29.9 Å². The molecule has 6 nitrogen and oxygen atoms in total. The van der Waals surface area contributed by atoms with E-state index in [2.05, 4.69) is 46.8 Å². The standard InChI is InChI=1S/C23H25N3O3/c1-15(2)9-22-24-25-23(29-22)21-12-17-7-5-6-8-20(17)26(21)14-16-10-18(27-3)13-19(11-16)28-4/h5-8,10-13,15H,9,14H2,1-4H3. The molecule has 0 saturated heterocycles. The molecule has 0 atom stereocenters. The van der Waals surface area contributed by atoms with Crippen molar-refractivity contribution in [2.45, 2.75) is 26.8 Å². The number of ether oxygens (including phenoxy) is 2. The van der Waals surface area contributed by atoms with Gasteiger partial charge in [-0.1, -0.05) is 32.0 Å². The molecule has 0 amide bonds. The van der Waals surface area contributed by atoms with Crippen LogP contribution in [0.5, 0.6) is 11.5 Å². The Morgan fingerprint density at radius 3 is 2.38 bits per heavy atom. The Hall–Kier alpha value is -3.28. The molecule has 0 spiro atoms. The van der Waals surface area contributed by atoms with Crippen LogP contribution < -0.4 is 9.47 Å². The summed E-state index contributed by atoms with van der Waals surface area (Å²) >= 11 is 0. The average molecular weight is 391 g/mol. The maximum Gasteiger partial charge on any atom is 0.264 e. The Kier molecular flexibility index (Phi) is 5.25. The van der Waals surface area contributed by atoms with Gasteiger partial charge in [-0.15, -0.1) is 10.2 Å². The number of para-hydroxylation sites is 1. The maximum absolute atomic E-state index is 5.99. The van der Waals surface area contributed by atoms with Crippen LogP contribution in [-0.4, -0.2) is 29.0 Å². The SMILES string of the molecule is COc1cc(Cn2c(-c3nnc(CC(C)C)o3)cc3ccccc32)cc(OC)c1. The van der Waals surface area contributed by atoms with Gasteiger partial charge in [0.25, 0.3) is 5.89 Å². The first-order valence-corrected chi connectivity index (χ1v) is 9.70. The molecule has 0 aliphatic heterocycles. The van der Waals surface area contributed by atoms with Crippen LogP contribution in [-0.2, 0) is 13.0 Å². The summed E-state index contributed by atoms with van der Waals surface area (Å²) in [5.41, 5.74) is 3.06. The summed E-state index contributed by atoms with van der Waals surface area (Å²) in [5, 5.41) is 9.68. The quantitative estimate of drug-likeness (QED) is 0.446. The van der Waals surface area contributed by atoms with Crippen LogP contribution in [0.3, 0.4) is 0 Å². The van der Waals surface area contributed by atoms with E-state index in [1.807, 2.05) is 30.3 Å². The molecule has 4 aromatic rings. The summed E-state index contributed by atoms with van der Waals surface area (Å²) in [6, 6.07) is 16.2. The number of benzene rings is 2. The molecule has 0 aliphatic carbocycles. The first-order chi connectivity index (χ1) is 14.1. The molecule has 2 heterocycles. The van der Waals surface area contributed by atoms with Gasteiger partial charge < -0.3 is 18.5 Å². The molecule has 2 aromatic heterocycles. The zero-order valence-electron chi connectivity index (χ0n) is 17.2. The molecule has 0 N–H and O–H groups in total. The second-order valence-corrected chi connectivity index (χ2v) is 7.49. The molecular formula is C23H25N3O3. The van der Waals surface area contributed by atoms with Crippen molar-refractivity contribution in [3.63, 3.8) is 0 Å². The number of rotatable bonds is 7. The summed E-state index contributed by atoms with van der Waals surface area (Å²) in [6.45, 7) is 4.90. The van der Waals surface area contributed by atoms with E-state index in [1.165, 1.54) is 0 Å². The number of nitrogens with zero attached hydrogens (tertiary/aromatic N) is 3. The summed E-state index contributed by atoms with van der Waals surface area (Å²) in [4.78, 5) is 0. The van der Waals surface area contributed by atoms with Crippen LogP contribution >= 0.6 is 0 Å². The topological polar surface area (TPSA) is 62.3 Å². The van der Waals surface area contributed by atoms with Crippen molar-refractivity contribution in [2.75, 3.05) is 14.2 Å². The van der Waals surface area contributed by atoms with Gasteiger partial charge in [0.15, 0.2) is 0 Å². The van der Waals surface area contributed by atoms with Gasteiger partial charge in [0.05, 0.1) is 14.2 Å². The highest BCUT2D eigenvalue weighted by atomic mass is 16.5. The molecule has 29 heavy (non-hydrogen) atoms. The van der Waals surface area contributed by atoms with Gasteiger partial charge >= 0.3 is 0 Å². The monoisotopic (exact) mass is 391 g/mol. The van der Waals surface area contributed by atoms with Gasteiger partial charge in [-0.2, -0.15) is 0 Å². The van der Waals surface area contributed by atoms with Gasteiger partial charge in [-0.3, -0.25) is 0 Å². The number of hydrogen-bond donors (Lipinski definition) is 0. The van der Waals surface area contributed by atoms with Crippen molar-refractivity contribution < 1.29 is 13.9 Å². The van der Waals surface area contributed by atoms with E-state index >= 15 is 0 Å². The van der Waals surface area contributed by atoms with Crippen LogP contribution in [0.4, 0.5) is 0 Å². The highest BCUT2D eigenvalue weighted by Crippen LogP contribution is 2.30. The third-order valence-corrected chi connectivity index (χ3v) is 4.83. The fourth-order valence-electron chi connectivity index (χ4n) is 3.49. The zero-order chi connectivity index (χ0) is 20.4. The van der Waals surface area contributed by atoms with Crippen LogP contribution in [0.1, 0.15) is 25.3 Å². The van der Waals surface area contributed by atoms with Crippen molar-refractivity contribution in [1.82, 2.24) is 14.8 Å². The molecule has 0 unspecified atom stereocenters. The minimum atomic E-state index is 0.457. The Labute approximate surface area is 170 Å². The lowest BCUT2D eigenvalue weighted by Crippen LogP contribution is -2.03. The molecule has 2 aromatic carbocycles. The first-order valence-electron chi connectivity index (χ1n) is 9.70. The van der Waals surface area contributed by atoms with Gasteiger partial charge in [-0.05, 0) is 35.7 Å². The van der Waals surface area contributed by atoms with Crippen molar-refractivity contribution in [2.24, 2.45) is 5.92 Å². The maximum atomic E-state index is 5.99. The molecule has 0 saturated carbocycles.